The van der Waals surface area contributed by atoms with Crippen molar-refractivity contribution in [2.45, 2.75) is 220 Å². The van der Waals surface area contributed by atoms with Gasteiger partial charge in [0.25, 0.3) is 0 Å². The molecule has 0 amide bonds. The zero-order valence-corrected chi connectivity index (χ0v) is 28.3. The van der Waals surface area contributed by atoms with Crippen LogP contribution in [0.4, 0.5) is 0 Å². The summed E-state index contributed by atoms with van der Waals surface area (Å²) in [6, 6.07) is 0. The Kier molecular flexibility index (Phi) is 27.9. The molecule has 2 nitrogen and oxygen atoms in total. The van der Waals surface area contributed by atoms with Crippen molar-refractivity contribution in [1.82, 2.24) is 9.80 Å². The van der Waals surface area contributed by atoms with Gasteiger partial charge in [-0.15, -0.1) is 0 Å². The van der Waals surface area contributed by atoms with Crippen molar-refractivity contribution in [3.05, 3.63) is 12.4 Å². The van der Waals surface area contributed by atoms with E-state index in [-0.39, 0.29) is 0 Å². The van der Waals surface area contributed by atoms with Gasteiger partial charge in [-0.1, -0.05) is 188 Å². The summed E-state index contributed by atoms with van der Waals surface area (Å²) in [5, 5.41) is 0. The Hall–Kier alpha value is -0.660. The Morgan fingerprint density at radius 3 is 0.875 bits per heavy atom. The minimum atomic E-state index is 0.641. The Labute approximate surface area is 254 Å². The first-order valence-corrected chi connectivity index (χ1v) is 19.0. The maximum atomic E-state index is 2.71. The summed E-state index contributed by atoms with van der Waals surface area (Å²) in [4.78, 5) is 5.40. The highest BCUT2D eigenvalue weighted by molar-refractivity contribution is 4.97. The van der Waals surface area contributed by atoms with E-state index in [1.807, 2.05) is 0 Å². The number of hydrogen-bond donors (Lipinski definition) is 0. The minimum absolute atomic E-state index is 0.641. The van der Waals surface area contributed by atoms with Crippen molar-refractivity contribution in [1.29, 1.82) is 0 Å². The molecular weight excluding hydrogens is 484 g/mol. The van der Waals surface area contributed by atoms with Crippen LogP contribution in [0, 0.1) is 0 Å². The second kappa shape index (κ2) is 29.8. The summed E-state index contributed by atoms with van der Waals surface area (Å²) in [7, 11) is 0. The third-order valence-corrected chi connectivity index (χ3v) is 9.32. The molecule has 1 unspecified atom stereocenters. The number of unbranched alkanes of at least 4 members (excludes halogenated alkanes) is 26. The molecule has 1 rings (SSSR count). The van der Waals surface area contributed by atoms with Crippen LogP contribution in [0.15, 0.2) is 12.4 Å². The standard InChI is InChI=1S/C38H76N2/c1-4-7-10-13-15-17-18-19-20-21-22-24-26-29-32-35-40-37-36-39(34-31-28-12-9-6-3)38(40)33-30-27-25-23-16-14-11-8-5-2/h36-38H,4-35H2,1-3H3. The topological polar surface area (TPSA) is 6.48 Å². The minimum Gasteiger partial charge on any atom is -0.356 e. The molecule has 0 fully saturated rings. The van der Waals surface area contributed by atoms with Gasteiger partial charge in [-0.25, -0.2) is 0 Å². The first-order chi connectivity index (χ1) is 19.8. The second-order valence-electron chi connectivity index (χ2n) is 13.2. The molecule has 0 aromatic heterocycles. The van der Waals surface area contributed by atoms with Crippen molar-refractivity contribution in [2.75, 3.05) is 13.1 Å². The van der Waals surface area contributed by atoms with E-state index in [0.717, 1.165) is 0 Å². The zero-order valence-electron chi connectivity index (χ0n) is 28.3. The van der Waals surface area contributed by atoms with Crippen molar-refractivity contribution >= 4 is 0 Å². The lowest BCUT2D eigenvalue weighted by atomic mass is 10.0. The van der Waals surface area contributed by atoms with Gasteiger partial charge in [-0.05, 0) is 25.7 Å². The summed E-state index contributed by atoms with van der Waals surface area (Å²) >= 11 is 0. The lowest BCUT2D eigenvalue weighted by Gasteiger charge is -2.33. The molecule has 1 atom stereocenters. The predicted octanol–water partition coefficient (Wildman–Crippen LogP) is 13.2. The van der Waals surface area contributed by atoms with E-state index in [1.54, 1.807) is 0 Å². The van der Waals surface area contributed by atoms with E-state index in [9.17, 15) is 0 Å². The van der Waals surface area contributed by atoms with Crippen molar-refractivity contribution in [2.24, 2.45) is 0 Å². The van der Waals surface area contributed by atoms with Crippen LogP contribution in [0.1, 0.15) is 213 Å². The highest BCUT2D eigenvalue weighted by Crippen LogP contribution is 2.24. The van der Waals surface area contributed by atoms with E-state index in [2.05, 4.69) is 43.0 Å². The maximum absolute atomic E-state index is 2.71. The molecule has 0 N–H and O–H groups in total. The molecule has 0 aromatic rings. The molecule has 0 spiro atoms. The molecule has 0 saturated heterocycles. The summed E-state index contributed by atoms with van der Waals surface area (Å²) in [5.41, 5.74) is 0. The number of nitrogens with zero attached hydrogens (tertiary/aromatic N) is 2. The zero-order chi connectivity index (χ0) is 28.8. The Morgan fingerprint density at radius 1 is 0.325 bits per heavy atom. The molecular formula is C38H76N2. The molecule has 1 aliphatic rings. The highest BCUT2D eigenvalue weighted by Gasteiger charge is 2.24. The number of hydrogen-bond acceptors (Lipinski definition) is 2. The fourth-order valence-corrected chi connectivity index (χ4v) is 6.54. The third-order valence-electron chi connectivity index (χ3n) is 9.32. The molecule has 0 saturated carbocycles. The lowest BCUT2D eigenvalue weighted by molar-refractivity contribution is 0.135. The molecule has 40 heavy (non-hydrogen) atoms. The fourth-order valence-electron chi connectivity index (χ4n) is 6.54. The van der Waals surface area contributed by atoms with Crippen molar-refractivity contribution < 1.29 is 0 Å². The van der Waals surface area contributed by atoms with Gasteiger partial charge in [0.15, 0.2) is 0 Å². The molecule has 0 aromatic carbocycles. The average Bonchev–Trinajstić information content (AvgIpc) is 3.35. The molecule has 1 aliphatic heterocycles. The van der Waals surface area contributed by atoms with E-state index < -0.39 is 0 Å². The van der Waals surface area contributed by atoms with Crippen molar-refractivity contribution in [3.8, 4) is 0 Å². The molecule has 0 aliphatic carbocycles. The first-order valence-electron chi connectivity index (χ1n) is 19.0. The van der Waals surface area contributed by atoms with Gasteiger partial charge in [-0.3, -0.25) is 0 Å². The molecule has 0 radical (unpaired) electrons. The summed E-state index contributed by atoms with van der Waals surface area (Å²) < 4.78 is 0. The molecule has 0 bridgehead atoms. The summed E-state index contributed by atoms with van der Waals surface area (Å²) in [6.45, 7) is 9.47. The number of rotatable bonds is 32. The van der Waals surface area contributed by atoms with Gasteiger partial charge in [0.05, 0.1) is 0 Å². The van der Waals surface area contributed by atoms with Gasteiger partial charge >= 0.3 is 0 Å². The van der Waals surface area contributed by atoms with Gasteiger partial charge in [0.2, 0.25) is 0 Å². The average molecular weight is 561 g/mol. The molecule has 238 valence electrons. The Bertz CT molecular complexity index is 516. The van der Waals surface area contributed by atoms with Gasteiger partial charge in [0.1, 0.15) is 6.17 Å². The first kappa shape index (κ1) is 37.4. The largest absolute Gasteiger partial charge is 0.356 e. The monoisotopic (exact) mass is 561 g/mol. The van der Waals surface area contributed by atoms with Crippen LogP contribution in [0.25, 0.3) is 0 Å². The van der Waals surface area contributed by atoms with Gasteiger partial charge in [-0.2, -0.15) is 0 Å². The second-order valence-corrected chi connectivity index (χ2v) is 13.2. The Balaban J connectivity index is 2.13. The molecule has 2 heteroatoms. The van der Waals surface area contributed by atoms with Crippen LogP contribution >= 0.6 is 0 Å². The highest BCUT2D eigenvalue weighted by atomic mass is 15.4. The quantitative estimate of drug-likeness (QED) is 0.0755. The van der Waals surface area contributed by atoms with E-state index >= 15 is 0 Å². The van der Waals surface area contributed by atoms with Crippen molar-refractivity contribution in [3.63, 3.8) is 0 Å². The summed E-state index contributed by atoms with van der Waals surface area (Å²) in [6.07, 6.45) is 48.5. The lowest BCUT2D eigenvalue weighted by Crippen LogP contribution is -2.39. The maximum Gasteiger partial charge on any atom is 0.101 e. The van der Waals surface area contributed by atoms with Gasteiger partial charge in [0, 0.05) is 25.5 Å². The van der Waals surface area contributed by atoms with Crippen LogP contribution in [0.5, 0.6) is 0 Å². The van der Waals surface area contributed by atoms with Crippen LogP contribution in [-0.4, -0.2) is 29.1 Å². The van der Waals surface area contributed by atoms with Gasteiger partial charge < -0.3 is 9.80 Å². The van der Waals surface area contributed by atoms with Crippen LogP contribution in [0.3, 0.4) is 0 Å². The normalized spacial score (nSPS) is 15.1. The third kappa shape index (κ3) is 22.0. The van der Waals surface area contributed by atoms with Crippen LogP contribution in [-0.2, 0) is 0 Å². The predicted molar refractivity (Wildman–Crippen MR) is 182 cm³/mol. The van der Waals surface area contributed by atoms with Crippen LogP contribution < -0.4 is 0 Å². The smallest absolute Gasteiger partial charge is 0.101 e. The fraction of sp³-hybridized carbons (Fsp3) is 0.947. The van der Waals surface area contributed by atoms with E-state index in [4.69, 9.17) is 0 Å². The Morgan fingerprint density at radius 2 is 0.575 bits per heavy atom. The SMILES string of the molecule is CCCCCCCCCCCCCCCCCN1C=CN(CCCCCCC)C1CCCCCCCCCCC. The van der Waals surface area contributed by atoms with E-state index in [1.165, 1.54) is 206 Å². The summed E-state index contributed by atoms with van der Waals surface area (Å²) in [5.74, 6) is 0. The molecule has 1 heterocycles. The van der Waals surface area contributed by atoms with E-state index in [0.29, 0.717) is 6.17 Å². The van der Waals surface area contributed by atoms with Crippen LogP contribution in [0.2, 0.25) is 0 Å².